The van der Waals surface area contributed by atoms with Gasteiger partial charge in [-0.2, -0.15) is 0 Å². The molecule has 0 aromatic carbocycles. The van der Waals surface area contributed by atoms with Crippen molar-refractivity contribution in [1.82, 2.24) is 4.98 Å². The minimum absolute atomic E-state index is 0.0378. The molecule has 0 amide bonds. The van der Waals surface area contributed by atoms with Gasteiger partial charge < -0.3 is 4.74 Å². The van der Waals surface area contributed by atoms with Crippen molar-refractivity contribution < 1.29 is 9.53 Å². The molecule has 21 heavy (non-hydrogen) atoms. The third-order valence-electron chi connectivity index (χ3n) is 4.49. The average Bonchev–Trinajstić information content (AvgIpc) is 2.87. The van der Waals surface area contributed by atoms with Gasteiger partial charge in [-0.25, -0.2) is 4.98 Å². The van der Waals surface area contributed by atoms with Crippen molar-refractivity contribution in [3.8, 4) is 0 Å². The Morgan fingerprint density at radius 3 is 2.76 bits per heavy atom. The van der Waals surface area contributed by atoms with E-state index < -0.39 is 5.60 Å². The maximum Gasteiger partial charge on any atom is 0.171 e. The quantitative estimate of drug-likeness (QED) is 0.839. The van der Waals surface area contributed by atoms with Crippen molar-refractivity contribution in [3.63, 3.8) is 0 Å². The highest BCUT2D eigenvalue weighted by molar-refractivity contribution is 7.09. The van der Waals surface area contributed by atoms with Gasteiger partial charge in [0.2, 0.25) is 0 Å². The van der Waals surface area contributed by atoms with Gasteiger partial charge >= 0.3 is 0 Å². The van der Waals surface area contributed by atoms with E-state index in [2.05, 4.69) is 38.1 Å². The van der Waals surface area contributed by atoms with Crippen LogP contribution < -0.4 is 0 Å². The molecule has 1 fully saturated rings. The number of rotatable bonds is 4. The van der Waals surface area contributed by atoms with Crippen LogP contribution in [0, 0.1) is 5.92 Å². The molecule has 1 heterocycles. The number of nitrogens with zero attached hydrogens (tertiary/aromatic N) is 1. The number of hydrogen-bond acceptors (Lipinski definition) is 4. The lowest BCUT2D eigenvalue weighted by Crippen LogP contribution is -2.45. The van der Waals surface area contributed by atoms with Crippen LogP contribution in [0.15, 0.2) is 5.38 Å². The second-order valence-corrected chi connectivity index (χ2v) is 8.32. The van der Waals surface area contributed by atoms with Crippen LogP contribution >= 0.6 is 11.3 Å². The molecule has 2 unspecified atom stereocenters. The van der Waals surface area contributed by atoms with E-state index in [4.69, 9.17) is 4.74 Å². The molecule has 118 valence electrons. The van der Waals surface area contributed by atoms with Crippen molar-refractivity contribution in [3.05, 3.63) is 16.1 Å². The number of thiazole rings is 1. The molecule has 2 rings (SSSR count). The van der Waals surface area contributed by atoms with Crippen LogP contribution in [-0.4, -0.2) is 23.5 Å². The summed E-state index contributed by atoms with van der Waals surface area (Å²) in [5.74, 6) is 0.760. The van der Waals surface area contributed by atoms with Gasteiger partial charge in [0.25, 0.3) is 0 Å². The van der Waals surface area contributed by atoms with Gasteiger partial charge in [0.1, 0.15) is 10.6 Å². The van der Waals surface area contributed by atoms with E-state index in [1.165, 1.54) is 6.42 Å². The summed E-state index contributed by atoms with van der Waals surface area (Å²) in [5, 5.41) is 2.99. The van der Waals surface area contributed by atoms with E-state index >= 15 is 0 Å². The number of carbonyl (C=O) groups excluding carboxylic acids is 1. The fourth-order valence-corrected chi connectivity index (χ4v) is 4.11. The highest BCUT2D eigenvalue weighted by Gasteiger charge is 2.41. The second kappa shape index (κ2) is 6.17. The zero-order chi connectivity index (χ0) is 15.7. The van der Waals surface area contributed by atoms with Crippen molar-refractivity contribution in [2.45, 2.75) is 70.8 Å². The molecule has 1 aromatic heterocycles. The van der Waals surface area contributed by atoms with Crippen LogP contribution in [0.25, 0.3) is 0 Å². The average molecular weight is 309 g/mol. The smallest absolute Gasteiger partial charge is 0.171 e. The van der Waals surface area contributed by atoms with E-state index in [0.29, 0.717) is 12.3 Å². The predicted molar refractivity (Wildman–Crippen MR) is 86.9 cm³/mol. The topological polar surface area (TPSA) is 39.2 Å². The first-order valence-corrected chi connectivity index (χ1v) is 8.68. The van der Waals surface area contributed by atoms with Crippen LogP contribution in [0.5, 0.6) is 0 Å². The van der Waals surface area contributed by atoms with Gasteiger partial charge in [0.05, 0.1) is 12.1 Å². The summed E-state index contributed by atoms with van der Waals surface area (Å²) < 4.78 is 5.68. The maximum absolute atomic E-state index is 12.8. The predicted octanol–water partition coefficient (Wildman–Crippen LogP) is 4.15. The van der Waals surface area contributed by atoms with Crippen LogP contribution in [0.4, 0.5) is 0 Å². The summed E-state index contributed by atoms with van der Waals surface area (Å²) in [6.07, 6.45) is 4.38. The van der Waals surface area contributed by atoms with Gasteiger partial charge in [0.15, 0.2) is 5.78 Å². The molecule has 0 spiro atoms. The van der Waals surface area contributed by atoms with Gasteiger partial charge in [-0.3, -0.25) is 4.79 Å². The van der Waals surface area contributed by atoms with Crippen LogP contribution in [-0.2, 0) is 21.4 Å². The van der Waals surface area contributed by atoms with E-state index in [9.17, 15) is 4.79 Å². The molecule has 2 atom stereocenters. The number of ketones is 1. The molecule has 3 nitrogen and oxygen atoms in total. The second-order valence-electron chi connectivity index (χ2n) is 7.38. The first-order valence-electron chi connectivity index (χ1n) is 7.80. The SMILES string of the molecule is COC1(C(=O)Cc2nc(C(C)(C)C)cs2)CCCC(C)C1. The van der Waals surface area contributed by atoms with E-state index in [0.717, 1.165) is 30.0 Å². The number of hydrogen-bond donors (Lipinski definition) is 0. The standard InChI is InChI=1S/C17H27NO2S/c1-12-7-6-8-17(10-12,20-5)14(19)9-15-18-13(11-21-15)16(2,3)4/h11-12H,6-10H2,1-5H3. The summed E-state index contributed by atoms with van der Waals surface area (Å²) >= 11 is 1.59. The Morgan fingerprint density at radius 1 is 1.52 bits per heavy atom. The van der Waals surface area contributed by atoms with Crippen molar-refractivity contribution in [2.75, 3.05) is 7.11 Å². The molecule has 1 aromatic rings. The highest BCUT2D eigenvalue weighted by atomic mass is 32.1. The van der Waals surface area contributed by atoms with Crippen LogP contribution in [0.3, 0.4) is 0 Å². The molecule has 0 N–H and O–H groups in total. The Kier molecular flexibility index (Phi) is 4.89. The molecule has 0 radical (unpaired) electrons. The van der Waals surface area contributed by atoms with E-state index in [1.807, 2.05) is 0 Å². The fourth-order valence-electron chi connectivity index (χ4n) is 3.09. The Bertz CT molecular complexity index is 503. The fraction of sp³-hybridized carbons (Fsp3) is 0.765. The molecule has 0 saturated heterocycles. The van der Waals surface area contributed by atoms with Gasteiger partial charge in [-0.05, 0) is 25.2 Å². The summed E-state index contributed by atoms with van der Waals surface area (Å²) in [6, 6.07) is 0. The zero-order valence-electron chi connectivity index (χ0n) is 13.9. The molecular weight excluding hydrogens is 282 g/mol. The normalized spacial score (nSPS) is 26.8. The molecule has 4 heteroatoms. The zero-order valence-corrected chi connectivity index (χ0v) is 14.7. The number of methoxy groups -OCH3 is 1. The number of carbonyl (C=O) groups is 1. The molecule has 1 saturated carbocycles. The monoisotopic (exact) mass is 309 g/mol. The minimum atomic E-state index is -0.578. The number of aromatic nitrogens is 1. The van der Waals surface area contributed by atoms with Crippen molar-refractivity contribution in [1.29, 1.82) is 0 Å². The third-order valence-corrected chi connectivity index (χ3v) is 5.34. The van der Waals surface area contributed by atoms with Crippen molar-refractivity contribution in [2.24, 2.45) is 5.92 Å². The molecule has 1 aliphatic rings. The maximum atomic E-state index is 12.8. The van der Waals surface area contributed by atoms with Crippen LogP contribution in [0.2, 0.25) is 0 Å². The van der Waals surface area contributed by atoms with Crippen molar-refractivity contribution >= 4 is 17.1 Å². The van der Waals surface area contributed by atoms with E-state index in [-0.39, 0.29) is 11.2 Å². The largest absolute Gasteiger partial charge is 0.370 e. The lowest BCUT2D eigenvalue weighted by molar-refractivity contribution is -0.146. The summed E-state index contributed by atoms with van der Waals surface area (Å²) in [5.41, 5.74) is 0.528. The number of ether oxygens (including phenoxy) is 1. The van der Waals surface area contributed by atoms with Gasteiger partial charge in [-0.15, -0.1) is 11.3 Å². The Morgan fingerprint density at radius 2 is 2.24 bits per heavy atom. The first-order chi connectivity index (χ1) is 9.77. The summed E-state index contributed by atoms with van der Waals surface area (Å²) in [7, 11) is 1.68. The molecule has 0 aliphatic heterocycles. The Labute approximate surface area is 132 Å². The molecular formula is C17H27NO2S. The molecule has 0 bridgehead atoms. The van der Waals surface area contributed by atoms with Gasteiger partial charge in [-0.1, -0.05) is 34.1 Å². The Hall–Kier alpha value is -0.740. The minimum Gasteiger partial charge on any atom is -0.370 e. The summed E-state index contributed by atoms with van der Waals surface area (Å²) in [6.45, 7) is 8.65. The van der Waals surface area contributed by atoms with E-state index in [1.54, 1.807) is 18.4 Å². The lowest BCUT2D eigenvalue weighted by Gasteiger charge is -2.37. The first kappa shape index (κ1) is 16.6. The summed E-state index contributed by atoms with van der Waals surface area (Å²) in [4.78, 5) is 17.4. The Balaban J connectivity index is 2.11. The number of Topliss-reactive ketones (excluding diaryl/α,β-unsaturated/α-hetero) is 1. The van der Waals surface area contributed by atoms with Crippen LogP contribution in [0.1, 0.15) is 64.1 Å². The molecule has 1 aliphatic carbocycles. The third kappa shape index (κ3) is 3.72. The van der Waals surface area contributed by atoms with Gasteiger partial charge in [0, 0.05) is 17.9 Å². The highest BCUT2D eigenvalue weighted by Crippen LogP contribution is 2.36. The lowest BCUT2D eigenvalue weighted by atomic mass is 9.75.